The Labute approximate surface area is 148 Å². The molecule has 7 nitrogen and oxygen atoms in total. The van der Waals surface area contributed by atoms with Gasteiger partial charge in [-0.05, 0) is 39.7 Å². The topological polar surface area (TPSA) is 67.1 Å². The van der Waals surface area contributed by atoms with Gasteiger partial charge in [0.25, 0.3) is 5.56 Å². The number of hydrogen-bond donors (Lipinski definition) is 0. The molecule has 138 valence electrons. The van der Waals surface area contributed by atoms with E-state index in [2.05, 4.69) is 4.99 Å². The van der Waals surface area contributed by atoms with E-state index in [4.69, 9.17) is 4.74 Å². The number of ether oxygens (including phenoxy) is 1. The van der Waals surface area contributed by atoms with Crippen molar-refractivity contribution in [3.8, 4) is 0 Å². The molecule has 0 spiro atoms. The molecule has 0 bridgehead atoms. The molecule has 1 saturated heterocycles. The van der Waals surface area contributed by atoms with Crippen molar-refractivity contribution in [3.05, 3.63) is 28.7 Å². The van der Waals surface area contributed by atoms with Gasteiger partial charge in [-0.1, -0.05) is 0 Å². The molecule has 25 heavy (non-hydrogen) atoms. The lowest BCUT2D eigenvalue weighted by molar-refractivity contribution is 0.0187. The van der Waals surface area contributed by atoms with E-state index in [0.717, 1.165) is 12.8 Å². The van der Waals surface area contributed by atoms with Crippen LogP contribution in [0.3, 0.4) is 0 Å². The fourth-order valence-corrected chi connectivity index (χ4v) is 2.70. The van der Waals surface area contributed by atoms with Crippen molar-refractivity contribution in [2.75, 3.05) is 27.2 Å². The van der Waals surface area contributed by atoms with Gasteiger partial charge in [0, 0.05) is 45.5 Å². The van der Waals surface area contributed by atoms with Crippen LogP contribution in [0, 0.1) is 0 Å². The SMILES string of the molecule is CN(C)C=Nc1ccn(C2CCN(C(=O)OC(C)(C)C)CC2)c(=O)c1. The smallest absolute Gasteiger partial charge is 0.410 e. The summed E-state index contributed by atoms with van der Waals surface area (Å²) in [6.07, 6.45) is 4.64. The predicted molar refractivity (Wildman–Crippen MR) is 98.6 cm³/mol. The zero-order valence-corrected chi connectivity index (χ0v) is 15.7. The molecular weight excluding hydrogens is 320 g/mol. The first kappa shape index (κ1) is 19.0. The highest BCUT2D eigenvalue weighted by Crippen LogP contribution is 2.23. The minimum Gasteiger partial charge on any atom is -0.444 e. The van der Waals surface area contributed by atoms with Crippen molar-refractivity contribution in [1.82, 2.24) is 14.4 Å². The Morgan fingerprint density at radius 2 is 1.96 bits per heavy atom. The molecule has 7 heteroatoms. The molecule has 0 aliphatic carbocycles. The largest absolute Gasteiger partial charge is 0.444 e. The minimum absolute atomic E-state index is 0.0656. The molecule has 1 aliphatic rings. The molecule has 0 saturated carbocycles. The zero-order chi connectivity index (χ0) is 18.6. The first-order valence-corrected chi connectivity index (χ1v) is 8.56. The van der Waals surface area contributed by atoms with Crippen molar-refractivity contribution >= 4 is 18.1 Å². The van der Waals surface area contributed by atoms with Gasteiger partial charge in [-0.15, -0.1) is 0 Å². The second kappa shape index (κ2) is 7.72. The summed E-state index contributed by atoms with van der Waals surface area (Å²) in [7, 11) is 3.76. The molecule has 2 heterocycles. The van der Waals surface area contributed by atoms with E-state index >= 15 is 0 Å². The Morgan fingerprint density at radius 1 is 1.32 bits per heavy atom. The number of rotatable bonds is 3. The average Bonchev–Trinajstić information content (AvgIpc) is 2.51. The molecule has 1 aromatic rings. The van der Waals surface area contributed by atoms with E-state index in [1.165, 1.54) is 0 Å². The Hall–Kier alpha value is -2.31. The lowest BCUT2D eigenvalue weighted by Gasteiger charge is -2.34. The van der Waals surface area contributed by atoms with Gasteiger partial charge in [0.05, 0.1) is 12.0 Å². The van der Waals surface area contributed by atoms with Crippen molar-refractivity contribution in [3.63, 3.8) is 0 Å². The van der Waals surface area contributed by atoms with Crippen LogP contribution in [0.25, 0.3) is 0 Å². The molecule has 1 aromatic heterocycles. The maximum Gasteiger partial charge on any atom is 0.410 e. The van der Waals surface area contributed by atoms with Crippen LogP contribution in [-0.4, -0.2) is 59.6 Å². The number of pyridine rings is 1. The standard InChI is InChI=1S/C18H28N4O3/c1-18(2,3)25-17(24)21-9-7-15(8-10-21)22-11-6-14(12-16(22)23)19-13-20(4)5/h6,11-13,15H,7-10H2,1-5H3. The van der Waals surface area contributed by atoms with E-state index in [-0.39, 0.29) is 17.7 Å². The maximum absolute atomic E-state index is 12.4. The number of likely N-dealkylation sites (tertiary alicyclic amines) is 1. The van der Waals surface area contributed by atoms with Gasteiger partial charge in [-0.2, -0.15) is 0 Å². The zero-order valence-electron chi connectivity index (χ0n) is 15.7. The summed E-state index contributed by atoms with van der Waals surface area (Å²) >= 11 is 0. The van der Waals surface area contributed by atoms with Gasteiger partial charge in [-0.3, -0.25) is 4.79 Å². The summed E-state index contributed by atoms with van der Waals surface area (Å²) in [6, 6.07) is 3.47. The van der Waals surface area contributed by atoms with Crippen LogP contribution in [0.1, 0.15) is 39.7 Å². The molecule has 1 amide bonds. The first-order valence-electron chi connectivity index (χ1n) is 8.56. The van der Waals surface area contributed by atoms with Crippen LogP contribution in [0.2, 0.25) is 0 Å². The van der Waals surface area contributed by atoms with Crippen LogP contribution >= 0.6 is 0 Å². The van der Waals surface area contributed by atoms with E-state index in [1.54, 1.807) is 28.1 Å². The van der Waals surface area contributed by atoms with Gasteiger partial charge in [0.1, 0.15) is 5.60 Å². The lowest BCUT2D eigenvalue weighted by Crippen LogP contribution is -2.43. The number of nitrogens with zero attached hydrogens (tertiary/aromatic N) is 4. The Balaban J connectivity index is 1.99. The van der Waals surface area contributed by atoms with E-state index in [9.17, 15) is 9.59 Å². The minimum atomic E-state index is -0.492. The van der Waals surface area contributed by atoms with Crippen molar-refractivity contribution < 1.29 is 9.53 Å². The van der Waals surface area contributed by atoms with Gasteiger partial charge < -0.3 is 19.1 Å². The van der Waals surface area contributed by atoms with Crippen LogP contribution in [0.5, 0.6) is 0 Å². The third-order valence-electron chi connectivity index (χ3n) is 3.88. The molecule has 2 rings (SSSR count). The van der Waals surface area contributed by atoms with Gasteiger partial charge in [-0.25, -0.2) is 9.79 Å². The second-order valence-electron chi connectivity index (χ2n) is 7.54. The summed E-state index contributed by atoms with van der Waals surface area (Å²) in [5.74, 6) is 0. The number of aromatic nitrogens is 1. The van der Waals surface area contributed by atoms with Gasteiger partial charge >= 0.3 is 6.09 Å². The van der Waals surface area contributed by atoms with Crippen LogP contribution in [0.4, 0.5) is 10.5 Å². The third kappa shape index (κ3) is 5.62. The molecular formula is C18H28N4O3. The summed E-state index contributed by atoms with van der Waals surface area (Å²) in [6.45, 7) is 6.76. The van der Waals surface area contributed by atoms with E-state index < -0.39 is 5.60 Å². The summed E-state index contributed by atoms with van der Waals surface area (Å²) in [5, 5.41) is 0. The van der Waals surface area contributed by atoms with Crippen molar-refractivity contribution in [2.45, 2.75) is 45.3 Å². The Morgan fingerprint density at radius 3 is 2.48 bits per heavy atom. The fourth-order valence-electron chi connectivity index (χ4n) is 2.70. The number of aliphatic imine (C=N–C) groups is 1. The number of hydrogen-bond acceptors (Lipinski definition) is 4. The third-order valence-corrected chi connectivity index (χ3v) is 3.88. The fraction of sp³-hybridized carbons (Fsp3) is 0.611. The number of carbonyl (C=O) groups excluding carboxylic acids is 1. The average molecular weight is 348 g/mol. The summed E-state index contributed by atoms with van der Waals surface area (Å²) in [4.78, 5) is 32.2. The number of carbonyl (C=O) groups is 1. The quantitative estimate of drug-likeness (QED) is 0.622. The van der Waals surface area contributed by atoms with Crippen LogP contribution in [-0.2, 0) is 4.74 Å². The predicted octanol–water partition coefficient (Wildman–Crippen LogP) is 2.64. The highest BCUT2D eigenvalue weighted by Gasteiger charge is 2.27. The number of piperidine rings is 1. The molecule has 0 atom stereocenters. The van der Waals surface area contributed by atoms with E-state index in [1.807, 2.05) is 45.8 Å². The molecule has 0 unspecified atom stereocenters. The summed E-state index contributed by atoms with van der Waals surface area (Å²) in [5.41, 5.74) is 0.0820. The molecule has 0 aromatic carbocycles. The maximum atomic E-state index is 12.4. The molecule has 0 radical (unpaired) electrons. The molecule has 1 aliphatic heterocycles. The Bertz CT molecular complexity index is 680. The monoisotopic (exact) mass is 348 g/mol. The Kier molecular flexibility index (Phi) is 5.87. The molecule has 1 fully saturated rings. The van der Waals surface area contributed by atoms with Crippen molar-refractivity contribution in [2.24, 2.45) is 4.99 Å². The van der Waals surface area contributed by atoms with Crippen molar-refractivity contribution in [1.29, 1.82) is 0 Å². The number of amides is 1. The first-order chi connectivity index (χ1) is 11.7. The lowest BCUT2D eigenvalue weighted by atomic mass is 10.0. The van der Waals surface area contributed by atoms with Gasteiger partial charge in [0.15, 0.2) is 0 Å². The normalized spacial score (nSPS) is 16.3. The highest BCUT2D eigenvalue weighted by atomic mass is 16.6. The van der Waals surface area contributed by atoms with Crippen LogP contribution < -0.4 is 5.56 Å². The van der Waals surface area contributed by atoms with Gasteiger partial charge in [0.2, 0.25) is 0 Å². The van der Waals surface area contributed by atoms with Crippen LogP contribution in [0.15, 0.2) is 28.1 Å². The highest BCUT2D eigenvalue weighted by molar-refractivity contribution is 5.68. The van der Waals surface area contributed by atoms with E-state index in [0.29, 0.717) is 18.8 Å². The molecule has 0 N–H and O–H groups in total. The summed E-state index contributed by atoms with van der Waals surface area (Å²) < 4.78 is 7.14. The second-order valence-corrected chi connectivity index (χ2v) is 7.54.